The van der Waals surface area contributed by atoms with Crippen LogP contribution in [0.3, 0.4) is 0 Å². The Hall–Kier alpha value is -3.36. The molecule has 3 aromatic rings. The zero-order chi connectivity index (χ0) is 21.0. The van der Waals surface area contributed by atoms with Crippen molar-refractivity contribution in [2.75, 3.05) is 11.9 Å². The van der Waals surface area contributed by atoms with Crippen LogP contribution in [0, 0.1) is 13.8 Å². The van der Waals surface area contributed by atoms with E-state index in [1.807, 2.05) is 32.0 Å². The lowest BCUT2D eigenvalue weighted by atomic mass is 10.1. The van der Waals surface area contributed by atoms with E-state index in [2.05, 4.69) is 20.7 Å². The third-order valence-corrected chi connectivity index (χ3v) is 4.42. The van der Waals surface area contributed by atoms with Crippen LogP contribution in [0.2, 0.25) is 0 Å². The second-order valence-corrected chi connectivity index (χ2v) is 6.46. The van der Waals surface area contributed by atoms with E-state index < -0.39 is 17.8 Å². The third-order valence-electron chi connectivity index (χ3n) is 4.42. The molecule has 0 radical (unpaired) electrons. The minimum Gasteiger partial charge on any atom is -0.338 e. The number of anilines is 1. The Balaban J connectivity index is 1.59. The number of carbonyl (C=O) groups is 1. The molecular formula is C20H20F3N5O. The molecule has 2 N–H and O–H groups in total. The zero-order valence-electron chi connectivity index (χ0n) is 15.9. The largest absolute Gasteiger partial charge is 0.416 e. The molecule has 9 heteroatoms. The molecule has 0 spiro atoms. The molecule has 2 heterocycles. The monoisotopic (exact) mass is 403 g/mol. The van der Waals surface area contributed by atoms with E-state index in [0.29, 0.717) is 18.8 Å². The Kier molecular flexibility index (Phi) is 5.86. The second kappa shape index (κ2) is 8.34. The lowest BCUT2D eigenvalue weighted by molar-refractivity contribution is -0.137. The summed E-state index contributed by atoms with van der Waals surface area (Å²) in [6.45, 7) is 4.11. The van der Waals surface area contributed by atoms with Gasteiger partial charge in [0.2, 0.25) is 0 Å². The molecular weight excluding hydrogens is 383 g/mol. The van der Waals surface area contributed by atoms with E-state index in [1.165, 1.54) is 12.1 Å². The van der Waals surface area contributed by atoms with Crippen LogP contribution < -0.4 is 10.6 Å². The number of amides is 2. The van der Waals surface area contributed by atoms with E-state index in [-0.39, 0.29) is 5.69 Å². The van der Waals surface area contributed by atoms with Crippen molar-refractivity contribution in [1.29, 1.82) is 0 Å². The van der Waals surface area contributed by atoms with Gasteiger partial charge in [-0.2, -0.15) is 18.3 Å². The van der Waals surface area contributed by atoms with Gasteiger partial charge in [-0.25, -0.2) is 14.5 Å². The average molecular weight is 403 g/mol. The van der Waals surface area contributed by atoms with Crippen molar-refractivity contribution in [2.24, 2.45) is 0 Å². The molecule has 0 bridgehead atoms. The summed E-state index contributed by atoms with van der Waals surface area (Å²) >= 11 is 0. The molecule has 6 nitrogen and oxygen atoms in total. The Morgan fingerprint density at radius 1 is 1.14 bits per heavy atom. The molecule has 0 fully saturated rings. The van der Waals surface area contributed by atoms with Crippen molar-refractivity contribution in [3.63, 3.8) is 0 Å². The van der Waals surface area contributed by atoms with Crippen molar-refractivity contribution in [3.05, 3.63) is 71.2 Å². The fraction of sp³-hybridized carbons (Fsp3) is 0.250. The van der Waals surface area contributed by atoms with E-state index in [0.717, 1.165) is 29.1 Å². The summed E-state index contributed by atoms with van der Waals surface area (Å²) in [5.41, 5.74) is 1.99. The number of nitrogens with zero attached hydrogens (tertiary/aromatic N) is 3. The van der Waals surface area contributed by atoms with Crippen molar-refractivity contribution in [2.45, 2.75) is 26.4 Å². The van der Waals surface area contributed by atoms with Crippen LogP contribution >= 0.6 is 0 Å². The molecule has 2 amide bonds. The first-order valence-electron chi connectivity index (χ1n) is 8.94. The molecule has 0 unspecified atom stereocenters. The summed E-state index contributed by atoms with van der Waals surface area (Å²) in [6, 6.07) is 9.47. The molecule has 152 valence electrons. The number of urea groups is 1. The number of carbonyl (C=O) groups excluding carboxylic acids is 1. The van der Waals surface area contributed by atoms with Gasteiger partial charge in [-0.3, -0.25) is 0 Å². The molecule has 0 saturated carbocycles. The number of aryl methyl sites for hydroxylation is 1. The molecule has 0 atom stereocenters. The number of nitrogens with one attached hydrogen (secondary N) is 2. The molecule has 1 aromatic carbocycles. The summed E-state index contributed by atoms with van der Waals surface area (Å²) in [7, 11) is 0. The fourth-order valence-electron chi connectivity index (χ4n) is 2.99. The highest BCUT2D eigenvalue weighted by molar-refractivity contribution is 5.89. The summed E-state index contributed by atoms with van der Waals surface area (Å²) in [6.07, 6.45) is -2.25. The predicted molar refractivity (Wildman–Crippen MR) is 103 cm³/mol. The van der Waals surface area contributed by atoms with Gasteiger partial charge in [-0.05, 0) is 56.2 Å². The van der Waals surface area contributed by atoms with Gasteiger partial charge in [0.05, 0.1) is 11.3 Å². The predicted octanol–water partition coefficient (Wildman–Crippen LogP) is 4.27. The van der Waals surface area contributed by atoms with Gasteiger partial charge in [0.15, 0.2) is 5.82 Å². The normalized spacial score (nSPS) is 11.3. The third kappa shape index (κ3) is 4.92. The highest BCUT2D eigenvalue weighted by Gasteiger charge is 2.30. The Labute approximate surface area is 165 Å². The summed E-state index contributed by atoms with van der Waals surface area (Å²) in [4.78, 5) is 16.3. The van der Waals surface area contributed by atoms with Gasteiger partial charge in [0.1, 0.15) is 0 Å². The SMILES string of the molecule is Cc1nn(-c2ccccn2)c(C)c1CCNC(=O)Nc1cccc(C(F)(F)F)c1. The molecule has 0 aliphatic rings. The summed E-state index contributed by atoms with van der Waals surface area (Å²) in [5.74, 6) is 0.703. The maximum atomic E-state index is 12.8. The number of pyridine rings is 1. The zero-order valence-corrected chi connectivity index (χ0v) is 15.9. The minimum absolute atomic E-state index is 0.0765. The van der Waals surface area contributed by atoms with Crippen molar-refractivity contribution in [3.8, 4) is 5.82 Å². The first-order chi connectivity index (χ1) is 13.8. The molecule has 2 aromatic heterocycles. The molecule has 0 saturated heterocycles. The van der Waals surface area contributed by atoms with Crippen LogP contribution in [0.25, 0.3) is 5.82 Å². The number of hydrogen-bond donors (Lipinski definition) is 2. The maximum Gasteiger partial charge on any atom is 0.416 e. The van der Waals surface area contributed by atoms with Crippen LogP contribution in [0.4, 0.5) is 23.7 Å². The summed E-state index contributed by atoms with van der Waals surface area (Å²) in [5, 5.41) is 9.58. The van der Waals surface area contributed by atoms with Crippen LogP contribution in [0.5, 0.6) is 0 Å². The number of halogens is 3. The van der Waals surface area contributed by atoms with Crippen LogP contribution in [0.1, 0.15) is 22.5 Å². The lowest BCUT2D eigenvalue weighted by Crippen LogP contribution is -2.30. The van der Waals surface area contributed by atoms with Gasteiger partial charge in [0, 0.05) is 24.1 Å². The molecule has 3 rings (SSSR count). The van der Waals surface area contributed by atoms with Gasteiger partial charge >= 0.3 is 12.2 Å². The smallest absolute Gasteiger partial charge is 0.338 e. The number of rotatable bonds is 5. The van der Waals surface area contributed by atoms with Gasteiger partial charge in [-0.15, -0.1) is 0 Å². The van der Waals surface area contributed by atoms with E-state index in [4.69, 9.17) is 0 Å². The first kappa shape index (κ1) is 20.4. The van der Waals surface area contributed by atoms with E-state index in [9.17, 15) is 18.0 Å². The molecule has 0 aliphatic heterocycles. The van der Waals surface area contributed by atoms with Crippen LogP contribution in [-0.2, 0) is 12.6 Å². The summed E-state index contributed by atoms with van der Waals surface area (Å²) < 4.78 is 40.0. The van der Waals surface area contributed by atoms with Gasteiger partial charge in [-0.1, -0.05) is 12.1 Å². The fourth-order valence-corrected chi connectivity index (χ4v) is 2.99. The Morgan fingerprint density at radius 3 is 2.62 bits per heavy atom. The number of hydrogen-bond acceptors (Lipinski definition) is 3. The number of benzene rings is 1. The standard InChI is InChI=1S/C20H20F3N5O/c1-13-17(14(2)28(27-13)18-8-3-4-10-24-18)9-11-25-19(29)26-16-7-5-6-15(12-16)20(21,22)23/h3-8,10,12H,9,11H2,1-2H3,(H2,25,26,29). The Morgan fingerprint density at radius 2 is 1.93 bits per heavy atom. The molecule has 0 aliphatic carbocycles. The topological polar surface area (TPSA) is 71.8 Å². The van der Waals surface area contributed by atoms with Gasteiger partial charge in [0.25, 0.3) is 0 Å². The van der Waals surface area contributed by atoms with Crippen molar-refractivity contribution in [1.82, 2.24) is 20.1 Å². The number of aromatic nitrogens is 3. The number of alkyl halides is 3. The van der Waals surface area contributed by atoms with E-state index >= 15 is 0 Å². The highest BCUT2D eigenvalue weighted by Crippen LogP contribution is 2.30. The van der Waals surface area contributed by atoms with Crippen LogP contribution in [0.15, 0.2) is 48.7 Å². The van der Waals surface area contributed by atoms with Crippen LogP contribution in [-0.4, -0.2) is 27.3 Å². The lowest BCUT2D eigenvalue weighted by Gasteiger charge is -2.11. The van der Waals surface area contributed by atoms with Crippen molar-refractivity contribution >= 4 is 11.7 Å². The van der Waals surface area contributed by atoms with E-state index in [1.54, 1.807) is 10.9 Å². The maximum absolute atomic E-state index is 12.8. The Bertz CT molecular complexity index is 999. The quantitative estimate of drug-likeness (QED) is 0.668. The second-order valence-electron chi connectivity index (χ2n) is 6.46. The minimum atomic E-state index is -4.46. The molecule has 29 heavy (non-hydrogen) atoms. The first-order valence-corrected chi connectivity index (χ1v) is 8.94. The average Bonchev–Trinajstić information content (AvgIpc) is 2.96. The van der Waals surface area contributed by atoms with Gasteiger partial charge < -0.3 is 10.6 Å². The highest BCUT2D eigenvalue weighted by atomic mass is 19.4. The van der Waals surface area contributed by atoms with Crippen molar-refractivity contribution < 1.29 is 18.0 Å².